The molecule has 0 aliphatic heterocycles. The molecule has 20 heavy (non-hydrogen) atoms. The summed E-state index contributed by atoms with van der Waals surface area (Å²) in [6, 6.07) is 16.0. The third kappa shape index (κ3) is 3.92. The lowest BCUT2D eigenvalue weighted by Crippen LogP contribution is -2.06. The number of hydrogen-bond donors (Lipinski definition) is 1. The first-order valence-corrected chi connectivity index (χ1v) is 6.81. The van der Waals surface area contributed by atoms with Crippen molar-refractivity contribution in [2.24, 2.45) is 0 Å². The molecule has 106 valence electrons. The predicted molar refractivity (Wildman–Crippen MR) is 82.5 cm³/mol. The van der Waals surface area contributed by atoms with Crippen LogP contribution in [-0.4, -0.2) is 13.2 Å². The fraction of sp³-hybridized carbons (Fsp3) is 0.294. The van der Waals surface area contributed by atoms with Gasteiger partial charge >= 0.3 is 0 Å². The molecule has 0 spiro atoms. The molecule has 0 amide bonds. The fourth-order valence-corrected chi connectivity index (χ4v) is 2.00. The summed E-state index contributed by atoms with van der Waals surface area (Å²) in [4.78, 5) is 0. The largest absolute Gasteiger partial charge is 0.496 e. The Labute approximate surface area is 120 Å². The van der Waals surface area contributed by atoms with E-state index in [1.807, 2.05) is 56.3 Å². The van der Waals surface area contributed by atoms with Crippen LogP contribution >= 0.6 is 0 Å². The van der Waals surface area contributed by atoms with Gasteiger partial charge in [-0.05, 0) is 32.0 Å². The van der Waals surface area contributed by atoms with Crippen LogP contribution in [0.4, 0.5) is 5.69 Å². The van der Waals surface area contributed by atoms with Gasteiger partial charge in [-0.25, -0.2) is 0 Å². The molecule has 1 N–H and O–H groups in total. The Balaban J connectivity index is 2.03. The number of para-hydroxylation sites is 1. The lowest BCUT2D eigenvalue weighted by molar-refractivity contribution is 0.242. The van der Waals surface area contributed by atoms with Gasteiger partial charge in [-0.2, -0.15) is 0 Å². The number of methoxy groups -OCH3 is 1. The highest BCUT2D eigenvalue weighted by Gasteiger charge is 2.03. The monoisotopic (exact) mass is 271 g/mol. The summed E-state index contributed by atoms with van der Waals surface area (Å²) >= 11 is 0. The zero-order valence-electron chi connectivity index (χ0n) is 12.2. The van der Waals surface area contributed by atoms with Crippen LogP contribution in [0.25, 0.3) is 0 Å². The highest BCUT2D eigenvalue weighted by atomic mass is 16.5. The first-order chi connectivity index (χ1) is 9.69. The normalized spacial score (nSPS) is 10.4. The quantitative estimate of drug-likeness (QED) is 0.858. The number of rotatable bonds is 6. The van der Waals surface area contributed by atoms with Crippen molar-refractivity contribution in [1.82, 2.24) is 0 Å². The van der Waals surface area contributed by atoms with Gasteiger partial charge in [0, 0.05) is 23.9 Å². The molecule has 0 saturated carbocycles. The standard InChI is InChI=1S/C17H21NO2/c1-13(2)20-16-9-6-8-15(11-16)18-12-14-7-4-5-10-17(14)19-3/h4-11,13,18H,12H2,1-3H3. The van der Waals surface area contributed by atoms with Gasteiger partial charge in [0.1, 0.15) is 11.5 Å². The molecule has 2 aromatic carbocycles. The number of hydrogen-bond acceptors (Lipinski definition) is 3. The molecule has 0 radical (unpaired) electrons. The van der Waals surface area contributed by atoms with E-state index in [0.29, 0.717) is 0 Å². The van der Waals surface area contributed by atoms with E-state index in [4.69, 9.17) is 9.47 Å². The van der Waals surface area contributed by atoms with Gasteiger partial charge in [0.25, 0.3) is 0 Å². The van der Waals surface area contributed by atoms with Crippen LogP contribution < -0.4 is 14.8 Å². The molecule has 3 heteroatoms. The fourth-order valence-electron chi connectivity index (χ4n) is 2.00. The minimum Gasteiger partial charge on any atom is -0.496 e. The summed E-state index contributed by atoms with van der Waals surface area (Å²) in [5, 5.41) is 3.39. The molecule has 0 bridgehead atoms. The van der Waals surface area contributed by atoms with Gasteiger partial charge in [-0.15, -0.1) is 0 Å². The number of nitrogens with one attached hydrogen (secondary N) is 1. The molecule has 2 aromatic rings. The lowest BCUT2D eigenvalue weighted by atomic mass is 10.2. The maximum absolute atomic E-state index is 5.69. The van der Waals surface area contributed by atoms with Crippen molar-refractivity contribution in [2.75, 3.05) is 12.4 Å². The van der Waals surface area contributed by atoms with Crippen LogP contribution in [0.3, 0.4) is 0 Å². The van der Waals surface area contributed by atoms with Gasteiger partial charge in [-0.1, -0.05) is 24.3 Å². The molecule has 3 nitrogen and oxygen atoms in total. The van der Waals surface area contributed by atoms with Crippen molar-refractivity contribution < 1.29 is 9.47 Å². The van der Waals surface area contributed by atoms with Crippen molar-refractivity contribution in [3.8, 4) is 11.5 Å². The number of benzene rings is 2. The SMILES string of the molecule is COc1ccccc1CNc1cccc(OC(C)C)c1. The average Bonchev–Trinajstić information content (AvgIpc) is 2.45. The maximum Gasteiger partial charge on any atom is 0.123 e. The van der Waals surface area contributed by atoms with Gasteiger partial charge in [0.2, 0.25) is 0 Å². The molecular weight excluding hydrogens is 250 g/mol. The van der Waals surface area contributed by atoms with E-state index in [-0.39, 0.29) is 6.10 Å². The minimum atomic E-state index is 0.180. The van der Waals surface area contributed by atoms with Gasteiger partial charge in [0.05, 0.1) is 13.2 Å². The topological polar surface area (TPSA) is 30.5 Å². The molecular formula is C17H21NO2. The summed E-state index contributed by atoms with van der Waals surface area (Å²) in [5.41, 5.74) is 2.17. The zero-order valence-corrected chi connectivity index (χ0v) is 12.2. The smallest absolute Gasteiger partial charge is 0.123 e. The minimum absolute atomic E-state index is 0.180. The second-order valence-electron chi connectivity index (χ2n) is 4.86. The summed E-state index contributed by atoms with van der Waals surface area (Å²) in [5.74, 6) is 1.78. The first kappa shape index (κ1) is 14.3. The predicted octanol–water partition coefficient (Wildman–Crippen LogP) is 4.09. The van der Waals surface area contributed by atoms with Gasteiger partial charge in [0.15, 0.2) is 0 Å². The number of anilines is 1. The zero-order chi connectivity index (χ0) is 14.4. The second kappa shape index (κ2) is 6.85. The molecule has 0 aromatic heterocycles. The summed E-state index contributed by atoms with van der Waals surface area (Å²) in [6.07, 6.45) is 0.180. The first-order valence-electron chi connectivity index (χ1n) is 6.81. The number of ether oxygens (including phenoxy) is 2. The van der Waals surface area contributed by atoms with Crippen LogP contribution in [0.15, 0.2) is 48.5 Å². The Bertz CT molecular complexity index is 552. The van der Waals surface area contributed by atoms with E-state index < -0.39 is 0 Å². The highest BCUT2D eigenvalue weighted by Crippen LogP contribution is 2.22. The van der Waals surface area contributed by atoms with Gasteiger partial charge < -0.3 is 14.8 Å². The summed E-state index contributed by atoms with van der Waals surface area (Å²) in [6.45, 7) is 4.76. The Kier molecular flexibility index (Phi) is 4.88. The highest BCUT2D eigenvalue weighted by molar-refractivity contribution is 5.49. The van der Waals surface area contributed by atoms with Gasteiger partial charge in [-0.3, -0.25) is 0 Å². The second-order valence-corrected chi connectivity index (χ2v) is 4.86. The van der Waals surface area contributed by atoms with E-state index in [2.05, 4.69) is 11.4 Å². The van der Waals surface area contributed by atoms with E-state index in [9.17, 15) is 0 Å². The van der Waals surface area contributed by atoms with Crippen molar-refractivity contribution in [2.45, 2.75) is 26.5 Å². The van der Waals surface area contributed by atoms with Crippen molar-refractivity contribution in [1.29, 1.82) is 0 Å². The van der Waals surface area contributed by atoms with Crippen LogP contribution in [0.2, 0.25) is 0 Å². The Morgan fingerprint density at radius 2 is 1.85 bits per heavy atom. The molecule has 0 saturated heterocycles. The van der Waals surface area contributed by atoms with Crippen molar-refractivity contribution in [3.05, 3.63) is 54.1 Å². The third-order valence-corrected chi connectivity index (χ3v) is 2.88. The molecule has 0 unspecified atom stereocenters. The Hall–Kier alpha value is -2.16. The Morgan fingerprint density at radius 3 is 2.60 bits per heavy atom. The summed E-state index contributed by atoms with van der Waals surface area (Å²) in [7, 11) is 1.69. The molecule has 0 aliphatic rings. The summed E-state index contributed by atoms with van der Waals surface area (Å²) < 4.78 is 11.0. The third-order valence-electron chi connectivity index (χ3n) is 2.88. The molecule has 0 aliphatic carbocycles. The average molecular weight is 271 g/mol. The van der Waals surface area contributed by atoms with Crippen molar-refractivity contribution in [3.63, 3.8) is 0 Å². The van der Waals surface area contributed by atoms with E-state index in [0.717, 1.165) is 29.3 Å². The maximum atomic E-state index is 5.69. The Morgan fingerprint density at radius 1 is 1.05 bits per heavy atom. The van der Waals surface area contributed by atoms with Crippen LogP contribution in [0, 0.1) is 0 Å². The lowest BCUT2D eigenvalue weighted by Gasteiger charge is -2.13. The van der Waals surface area contributed by atoms with Crippen LogP contribution in [0.1, 0.15) is 19.4 Å². The van der Waals surface area contributed by atoms with Crippen LogP contribution in [-0.2, 0) is 6.54 Å². The van der Waals surface area contributed by atoms with Crippen LogP contribution in [0.5, 0.6) is 11.5 Å². The van der Waals surface area contributed by atoms with E-state index in [1.165, 1.54) is 0 Å². The van der Waals surface area contributed by atoms with Crippen molar-refractivity contribution >= 4 is 5.69 Å². The van der Waals surface area contributed by atoms with E-state index in [1.54, 1.807) is 7.11 Å². The van der Waals surface area contributed by atoms with E-state index >= 15 is 0 Å². The molecule has 0 atom stereocenters. The molecule has 0 fully saturated rings. The molecule has 0 heterocycles. The molecule has 2 rings (SSSR count).